The Morgan fingerprint density at radius 1 is 0.947 bits per heavy atom. The highest BCUT2D eigenvalue weighted by Gasteiger charge is 2.43. The van der Waals surface area contributed by atoms with Gasteiger partial charge in [-0.1, -0.05) is 18.2 Å². The molecule has 38 heavy (non-hydrogen) atoms. The fraction of sp³-hybridized carbons (Fsp3) is 0.167. The van der Waals surface area contributed by atoms with Crippen LogP contribution in [-0.2, 0) is 21.2 Å². The number of anilines is 1. The largest absolute Gasteiger partial charge is 0.586 e. The van der Waals surface area contributed by atoms with Gasteiger partial charge in [0.25, 0.3) is 10.0 Å². The minimum Gasteiger partial charge on any atom is -0.395 e. The standard InChI is InChI=1S/C24H19F4N3O6S/c1-31(17-7-8-20-21(13-17)37-24(27,28)36-20)22(32)19(11-14-9-15(25)12-16(26)10-14)29-23(33)30-38(34,35)18-5-3-2-4-6-18/h2-10,12-13,19H,11H2,1H3,(H2,29,30,33)/t19-/m0/s1. The number of amides is 3. The summed E-state index contributed by atoms with van der Waals surface area (Å²) in [7, 11) is -3.07. The van der Waals surface area contributed by atoms with Gasteiger partial charge in [0.05, 0.1) is 4.90 Å². The number of urea groups is 1. The lowest BCUT2D eigenvalue weighted by Gasteiger charge is -2.25. The van der Waals surface area contributed by atoms with E-state index in [0.29, 0.717) is 6.07 Å². The van der Waals surface area contributed by atoms with E-state index in [4.69, 9.17) is 0 Å². The number of carbonyl (C=O) groups is 2. The molecule has 0 fully saturated rings. The monoisotopic (exact) mass is 553 g/mol. The van der Waals surface area contributed by atoms with Crippen LogP contribution in [-0.4, -0.2) is 39.7 Å². The van der Waals surface area contributed by atoms with Crippen molar-refractivity contribution in [2.24, 2.45) is 0 Å². The number of halogens is 4. The molecule has 0 aliphatic carbocycles. The van der Waals surface area contributed by atoms with E-state index >= 15 is 0 Å². The van der Waals surface area contributed by atoms with E-state index in [1.807, 2.05) is 0 Å². The molecule has 14 heteroatoms. The molecule has 2 N–H and O–H groups in total. The van der Waals surface area contributed by atoms with Crippen molar-refractivity contribution >= 4 is 27.6 Å². The molecular weight excluding hydrogens is 534 g/mol. The Kier molecular flexibility index (Phi) is 7.18. The number of hydrogen-bond donors (Lipinski definition) is 2. The van der Waals surface area contributed by atoms with Gasteiger partial charge in [-0.25, -0.2) is 26.7 Å². The SMILES string of the molecule is CN(C(=O)[C@H](Cc1cc(F)cc(F)c1)NC(=O)NS(=O)(=O)c1ccccc1)c1ccc2c(c1)OC(F)(F)O2. The third-order valence-corrected chi connectivity index (χ3v) is 6.70. The topological polar surface area (TPSA) is 114 Å². The first kappa shape index (κ1) is 26.7. The number of carbonyl (C=O) groups excluding carboxylic acids is 2. The lowest BCUT2D eigenvalue weighted by molar-refractivity contribution is -0.286. The maximum atomic E-state index is 13.8. The fourth-order valence-electron chi connectivity index (χ4n) is 3.64. The zero-order valence-electron chi connectivity index (χ0n) is 19.5. The van der Waals surface area contributed by atoms with Crippen molar-refractivity contribution in [3.63, 3.8) is 0 Å². The van der Waals surface area contributed by atoms with Crippen LogP contribution >= 0.6 is 0 Å². The van der Waals surface area contributed by atoms with Crippen LogP contribution in [0.3, 0.4) is 0 Å². The minimum atomic E-state index is -4.32. The molecule has 0 bridgehead atoms. The van der Waals surface area contributed by atoms with Gasteiger partial charge in [-0.3, -0.25) is 4.79 Å². The molecule has 3 aromatic rings. The Balaban J connectivity index is 1.58. The molecule has 0 unspecified atom stereocenters. The summed E-state index contributed by atoms with van der Waals surface area (Å²) >= 11 is 0. The summed E-state index contributed by atoms with van der Waals surface area (Å²) in [5, 5.41) is 2.20. The van der Waals surface area contributed by atoms with Gasteiger partial charge < -0.3 is 19.7 Å². The van der Waals surface area contributed by atoms with Crippen molar-refractivity contribution in [1.82, 2.24) is 10.0 Å². The highest BCUT2D eigenvalue weighted by molar-refractivity contribution is 7.90. The number of hydrogen-bond acceptors (Lipinski definition) is 6. The molecule has 4 rings (SSSR count). The zero-order valence-corrected chi connectivity index (χ0v) is 20.3. The molecular formula is C24H19F4N3O6S. The van der Waals surface area contributed by atoms with E-state index < -0.39 is 52.4 Å². The summed E-state index contributed by atoms with van der Waals surface area (Å²) in [5.41, 5.74) is 0.0235. The molecule has 0 saturated carbocycles. The van der Waals surface area contributed by atoms with E-state index in [1.165, 1.54) is 37.4 Å². The van der Waals surface area contributed by atoms with Crippen LogP contribution in [0.5, 0.6) is 11.5 Å². The normalized spacial score (nSPS) is 14.4. The molecule has 1 heterocycles. The number of benzene rings is 3. The summed E-state index contributed by atoms with van der Waals surface area (Å²) in [6.07, 6.45) is -4.34. The highest BCUT2D eigenvalue weighted by atomic mass is 32.2. The van der Waals surface area contributed by atoms with Crippen molar-refractivity contribution in [2.75, 3.05) is 11.9 Å². The molecule has 0 radical (unpaired) electrons. The van der Waals surface area contributed by atoms with Crippen molar-refractivity contribution in [3.8, 4) is 11.5 Å². The Hall–Kier alpha value is -4.33. The maximum Gasteiger partial charge on any atom is 0.586 e. The number of alkyl halides is 2. The second-order valence-corrected chi connectivity index (χ2v) is 9.80. The molecule has 200 valence electrons. The van der Waals surface area contributed by atoms with Gasteiger partial charge in [0.1, 0.15) is 17.7 Å². The zero-order chi connectivity index (χ0) is 27.7. The average Bonchev–Trinajstić information content (AvgIpc) is 3.15. The quantitative estimate of drug-likeness (QED) is 0.433. The average molecular weight is 553 g/mol. The molecule has 1 atom stereocenters. The van der Waals surface area contributed by atoms with Gasteiger partial charge in [0, 0.05) is 31.3 Å². The van der Waals surface area contributed by atoms with Crippen LogP contribution in [0.25, 0.3) is 0 Å². The number of ether oxygens (including phenoxy) is 2. The van der Waals surface area contributed by atoms with Gasteiger partial charge >= 0.3 is 12.3 Å². The van der Waals surface area contributed by atoms with E-state index in [1.54, 1.807) is 10.8 Å². The molecule has 9 nitrogen and oxygen atoms in total. The van der Waals surface area contributed by atoms with Crippen LogP contribution in [0.15, 0.2) is 71.6 Å². The first-order valence-corrected chi connectivity index (χ1v) is 12.3. The fourth-order valence-corrected chi connectivity index (χ4v) is 4.58. The van der Waals surface area contributed by atoms with Crippen molar-refractivity contribution in [3.05, 3.63) is 83.9 Å². The van der Waals surface area contributed by atoms with Crippen LogP contribution in [0.2, 0.25) is 0 Å². The number of fused-ring (bicyclic) bond motifs is 1. The number of rotatable bonds is 7. The minimum absolute atomic E-state index is 0.0224. The second-order valence-electron chi connectivity index (χ2n) is 8.12. The summed E-state index contributed by atoms with van der Waals surface area (Å²) in [4.78, 5) is 26.7. The Morgan fingerprint density at radius 3 is 2.24 bits per heavy atom. The van der Waals surface area contributed by atoms with Gasteiger partial charge in [-0.2, -0.15) is 0 Å². The number of nitrogens with one attached hydrogen (secondary N) is 2. The van der Waals surface area contributed by atoms with E-state index in [2.05, 4.69) is 14.8 Å². The smallest absolute Gasteiger partial charge is 0.395 e. The van der Waals surface area contributed by atoms with Crippen LogP contribution in [0, 0.1) is 11.6 Å². The Labute approximate surface area is 214 Å². The summed E-state index contributed by atoms with van der Waals surface area (Å²) in [5.74, 6) is -3.36. The lowest BCUT2D eigenvalue weighted by atomic mass is 10.0. The Morgan fingerprint density at radius 2 is 1.58 bits per heavy atom. The molecule has 1 aliphatic rings. The van der Waals surface area contributed by atoms with Crippen LogP contribution < -0.4 is 24.4 Å². The second kappa shape index (κ2) is 10.2. The summed E-state index contributed by atoms with van der Waals surface area (Å²) < 4.78 is 89.8. The number of likely N-dealkylation sites (N-methyl/N-ethyl adjacent to an activating group) is 1. The molecule has 0 saturated heterocycles. The van der Waals surface area contributed by atoms with E-state index in [9.17, 15) is 35.6 Å². The van der Waals surface area contributed by atoms with Crippen molar-refractivity contribution in [2.45, 2.75) is 23.7 Å². The third kappa shape index (κ3) is 6.14. The van der Waals surface area contributed by atoms with E-state index in [-0.39, 0.29) is 27.6 Å². The molecule has 0 aromatic heterocycles. The predicted octanol–water partition coefficient (Wildman–Crippen LogP) is 3.55. The molecule has 0 spiro atoms. The molecule has 3 amide bonds. The maximum absolute atomic E-state index is 13.8. The Bertz CT molecular complexity index is 1470. The molecule has 3 aromatic carbocycles. The van der Waals surface area contributed by atoms with Crippen molar-refractivity contribution < 1.29 is 45.0 Å². The number of sulfonamides is 1. The predicted molar refractivity (Wildman–Crippen MR) is 125 cm³/mol. The van der Waals surface area contributed by atoms with E-state index in [0.717, 1.165) is 29.2 Å². The van der Waals surface area contributed by atoms with Gasteiger partial charge in [-0.05, 0) is 42.0 Å². The van der Waals surface area contributed by atoms with Gasteiger partial charge in [0.15, 0.2) is 11.5 Å². The van der Waals surface area contributed by atoms with Crippen LogP contribution in [0.1, 0.15) is 5.56 Å². The lowest BCUT2D eigenvalue weighted by Crippen LogP contribution is -2.52. The molecule has 1 aliphatic heterocycles. The first-order chi connectivity index (χ1) is 17.8. The van der Waals surface area contributed by atoms with Gasteiger partial charge in [0.2, 0.25) is 5.91 Å². The summed E-state index contributed by atoms with van der Waals surface area (Å²) in [6.45, 7) is 0. The van der Waals surface area contributed by atoms with Crippen molar-refractivity contribution in [1.29, 1.82) is 0 Å². The highest BCUT2D eigenvalue weighted by Crippen LogP contribution is 2.42. The first-order valence-electron chi connectivity index (χ1n) is 10.8. The third-order valence-electron chi connectivity index (χ3n) is 5.35. The number of nitrogens with zero attached hydrogens (tertiary/aromatic N) is 1. The van der Waals surface area contributed by atoms with Gasteiger partial charge in [-0.15, -0.1) is 8.78 Å². The van der Waals surface area contributed by atoms with Crippen LogP contribution in [0.4, 0.5) is 28.0 Å². The summed E-state index contributed by atoms with van der Waals surface area (Å²) in [6, 6.07) is 10.1.